The number of hydrogen-bond donors (Lipinski definition) is 2. The summed E-state index contributed by atoms with van der Waals surface area (Å²) in [5, 5.41) is 11.9. The van der Waals surface area contributed by atoms with Crippen LogP contribution in [0.2, 0.25) is 0 Å². The summed E-state index contributed by atoms with van der Waals surface area (Å²) in [5.74, 6) is 0. The second-order valence-electron chi connectivity index (χ2n) is 6.65. The summed E-state index contributed by atoms with van der Waals surface area (Å²) in [6.07, 6.45) is -0.138. The normalized spacial score (nSPS) is 19.7. The molecule has 0 bridgehead atoms. The summed E-state index contributed by atoms with van der Waals surface area (Å²) >= 11 is 0. The molecule has 2 aromatic carbocycles. The maximum absolute atomic E-state index is 4.31. The third-order valence-electron chi connectivity index (χ3n) is 3.99. The molecule has 2 aromatic rings. The van der Waals surface area contributed by atoms with Crippen LogP contribution in [-0.4, -0.2) is 38.7 Å². The molecule has 1 heterocycles. The van der Waals surface area contributed by atoms with Crippen LogP contribution < -0.4 is 15.6 Å². The topological polar surface area (TPSA) is 52.0 Å². The third kappa shape index (κ3) is 4.38. The van der Waals surface area contributed by atoms with Gasteiger partial charge < -0.3 is 4.90 Å². The molecule has 1 aliphatic rings. The average Bonchev–Trinajstić information content (AvgIpc) is 2.93. The van der Waals surface area contributed by atoms with Crippen LogP contribution in [0.5, 0.6) is 0 Å². The number of anilines is 1. The van der Waals surface area contributed by atoms with E-state index in [-0.39, 0.29) is 6.29 Å². The van der Waals surface area contributed by atoms with Crippen molar-refractivity contribution in [3.63, 3.8) is 0 Å². The molecular weight excluding hydrogens is 300 g/mol. The molecule has 2 N–H and O–H groups in total. The second-order valence-corrected chi connectivity index (χ2v) is 6.65. The van der Waals surface area contributed by atoms with Gasteiger partial charge in [-0.15, -0.1) is 10.5 Å². The van der Waals surface area contributed by atoms with Gasteiger partial charge in [0, 0.05) is 19.3 Å². The molecule has 0 radical (unpaired) electrons. The second kappa shape index (κ2) is 7.09. The number of hydrogen-bond acceptors (Lipinski definition) is 5. The highest BCUT2D eigenvalue weighted by molar-refractivity contribution is 5.52. The Balaban J connectivity index is 1.59. The van der Waals surface area contributed by atoms with E-state index in [0.29, 0.717) is 4.59 Å². The van der Waals surface area contributed by atoms with Crippen LogP contribution in [0.3, 0.4) is 0 Å². The standard InChI is InChI=1S/C18H25N6/c1-23(13-15-7-5-4-6-8-15)17-11-9-16(10-12-17)20-21-18-19-14-24(2,3)22-18/h4-12,18-19,22H,13-14H2,1-3H3/q+1. The van der Waals surface area contributed by atoms with Crippen molar-refractivity contribution in [2.24, 2.45) is 10.2 Å². The van der Waals surface area contributed by atoms with Crippen molar-refractivity contribution in [2.45, 2.75) is 12.8 Å². The van der Waals surface area contributed by atoms with Crippen LogP contribution in [0.1, 0.15) is 5.56 Å². The van der Waals surface area contributed by atoms with Gasteiger partial charge >= 0.3 is 0 Å². The molecule has 24 heavy (non-hydrogen) atoms. The quantitative estimate of drug-likeness (QED) is 0.656. The van der Waals surface area contributed by atoms with E-state index in [4.69, 9.17) is 0 Å². The van der Waals surface area contributed by atoms with Crippen molar-refractivity contribution in [3.8, 4) is 0 Å². The Kier molecular flexibility index (Phi) is 4.89. The maximum Gasteiger partial charge on any atom is 0.222 e. The van der Waals surface area contributed by atoms with Gasteiger partial charge in [0.1, 0.15) is 0 Å². The van der Waals surface area contributed by atoms with E-state index in [1.807, 2.05) is 18.2 Å². The maximum atomic E-state index is 4.31. The lowest BCUT2D eigenvalue weighted by Crippen LogP contribution is -2.47. The van der Waals surface area contributed by atoms with E-state index in [1.54, 1.807) is 0 Å². The fourth-order valence-electron chi connectivity index (χ4n) is 2.65. The fraction of sp³-hybridized carbons (Fsp3) is 0.333. The van der Waals surface area contributed by atoms with Crippen molar-refractivity contribution < 1.29 is 4.59 Å². The van der Waals surface area contributed by atoms with Gasteiger partial charge in [-0.2, -0.15) is 5.11 Å². The zero-order chi connectivity index (χ0) is 17.0. The Bertz CT molecular complexity index is 680. The molecule has 1 atom stereocenters. The highest BCUT2D eigenvalue weighted by atomic mass is 15.8. The molecule has 126 valence electrons. The number of nitrogens with one attached hydrogen (secondary N) is 2. The summed E-state index contributed by atoms with van der Waals surface area (Å²) in [5.41, 5.74) is 6.62. The molecule has 3 rings (SSSR count). The zero-order valence-electron chi connectivity index (χ0n) is 14.5. The third-order valence-corrected chi connectivity index (χ3v) is 3.99. The van der Waals surface area contributed by atoms with Crippen molar-refractivity contribution in [3.05, 3.63) is 60.2 Å². The summed E-state index contributed by atoms with van der Waals surface area (Å²) in [6, 6.07) is 18.6. The van der Waals surface area contributed by atoms with Crippen LogP contribution in [0.4, 0.5) is 11.4 Å². The first-order chi connectivity index (χ1) is 11.5. The Hall–Kier alpha value is -2.28. The molecule has 0 amide bonds. The van der Waals surface area contributed by atoms with Crippen LogP contribution >= 0.6 is 0 Å². The minimum absolute atomic E-state index is 0.138. The van der Waals surface area contributed by atoms with E-state index in [0.717, 1.165) is 24.6 Å². The molecular formula is C18H25N6+. The van der Waals surface area contributed by atoms with E-state index >= 15 is 0 Å². The molecule has 1 fully saturated rings. The highest BCUT2D eigenvalue weighted by Crippen LogP contribution is 2.21. The monoisotopic (exact) mass is 325 g/mol. The SMILES string of the molecule is CN(Cc1ccccc1)c1ccc(N=NC2NC[N+](C)(C)N2)cc1. The first kappa shape index (κ1) is 16.6. The highest BCUT2D eigenvalue weighted by Gasteiger charge is 2.29. The fourth-order valence-corrected chi connectivity index (χ4v) is 2.65. The van der Waals surface area contributed by atoms with Gasteiger partial charge in [0.25, 0.3) is 0 Å². The van der Waals surface area contributed by atoms with Crippen molar-refractivity contribution in [1.82, 2.24) is 10.7 Å². The number of azo groups is 1. The van der Waals surface area contributed by atoms with Crippen LogP contribution in [-0.2, 0) is 6.54 Å². The van der Waals surface area contributed by atoms with Gasteiger partial charge in [-0.3, -0.25) is 0 Å². The number of quaternary nitrogens is 1. The Morgan fingerprint density at radius 3 is 2.42 bits per heavy atom. The summed E-state index contributed by atoms with van der Waals surface area (Å²) in [4.78, 5) is 2.22. The lowest BCUT2D eigenvalue weighted by atomic mass is 10.2. The van der Waals surface area contributed by atoms with Gasteiger partial charge in [0.15, 0.2) is 6.67 Å². The smallest absolute Gasteiger partial charge is 0.222 e. The van der Waals surface area contributed by atoms with Crippen LogP contribution in [0.25, 0.3) is 0 Å². The molecule has 1 saturated heterocycles. The molecule has 0 aliphatic carbocycles. The number of benzene rings is 2. The predicted molar refractivity (Wildman–Crippen MR) is 96.5 cm³/mol. The number of rotatable bonds is 5. The Morgan fingerprint density at radius 2 is 1.79 bits per heavy atom. The van der Waals surface area contributed by atoms with Gasteiger partial charge in [0.05, 0.1) is 19.8 Å². The zero-order valence-corrected chi connectivity index (χ0v) is 14.5. The van der Waals surface area contributed by atoms with Gasteiger partial charge in [-0.25, -0.2) is 9.91 Å². The first-order valence-corrected chi connectivity index (χ1v) is 8.12. The van der Waals surface area contributed by atoms with Crippen molar-refractivity contribution in [2.75, 3.05) is 32.7 Å². The molecule has 0 spiro atoms. The minimum Gasteiger partial charge on any atom is -0.370 e. The molecule has 1 aliphatic heterocycles. The van der Waals surface area contributed by atoms with Gasteiger partial charge in [-0.05, 0) is 29.8 Å². The number of nitrogens with zero attached hydrogens (tertiary/aromatic N) is 4. The summed E-state index contributed by atoms with van der Waals surface area (Å²) in [6.45, 7) is 1.71. The first-order valence-electron chi connectivity index (χ1n) is 8.12. The van der Waals surface area contributed by atoms with Crippen LogP contribution in [0.15, 0.2) is 64.8 Å². The van der Waals surface area contributed by atoms with Crippen LogP contribution in [0, 0.1) is 0 Å². The lowest BCUT2D eigenvalue weighted by molar-refractivity contribution is -0.923. The largest absolute Gasteiger partial charge is 0.370 e. The minimum atomic E-state index is -0.138. The van der Waals surface area contributed by atoms with Crippen molar-refractivity contribution >= 4 is 11.4 Å². The molecule has 6 heteroatoms. The molecule has 1 unspecified atom stereocenters. The average molecular weight is 325 g/mol. The molecule has 0 aromatic heterocycles. The van der Waals surface area contributed by atoms with E-state index < -0.39 is 0 Å². The van der Waals surface area contributed by atoms with E-state index in [2.05, 4.69) is 83.4 Å². The van der Waals surface area contributed by atoms with Gasteiger partial charge in [-0.1, -0.05) is 30.3 Å². The van der Waals surface area contributed by atoms with E-state index in [1.165, 1.54) is 5.56 Å². The summed E-state index contributed by atoms with van der Waals surface area (Å²) < 4.78 is 0.687. The molecule has 6 nitrogen and oxygen atoms in total. The Labute approximate surface area is 143 Å². The summed E-state index contributed by atoms with van der Waals surface area (Å²) in [7, 11) is 6.26. The predicted octanol–water partition coefficient (Wildman–Crippen LogP) is 2.83. The van der Waals surface area contributed by atoms with Crippen molar-refractivity contribution in [1.29, 1.82) is 0 Å². The lowest BCUT2D eigenvalue weighted by Gasteiger charge is -2.20. The molecule has 0 saturated carbocycles. The van der Waals surface area contributed by atoms with E-state index in [9.17, 15) is 0 Å². The van der Waals surface area contributed by atoms with Gasteiger partial charge in [0.2, 0.25) is 6.29 Å². The Morgan fingerprint density at radius 1 is 1.08 bits per heavy atom.